The van der Waals surface area contributed by atoms with Crippen LogP contribution in [0.5, 0.6) is 0 Å². The molecule has 0 unspecified atom stereocenters. The lowest BCUT2D eigenvalue weighted by Gasteiger charge is -2.25. The smallest absolute Gasteiger partial charge is 0.385 e. The first kappa shape index (κ1) is 16.5. The average molecular weight is 292 g/mol. The van der Waals surface area contributed by atoms with Crippen LogP contribution in [0, 0.1) is 5.41 Å². The third-order valence-corrected chi connectivity index (χ3v) is 2.76. The molecule has 0 spiro atoms. The molecular formula is C12H19F3N4O. The van der Waals surface area contributed by atoms with E-state index in [2.05, 4.69) is 15.3 Å². The number of anilines is 2. The van der Waals surface area contributed by atoms with Crippen molar-refractivity contribution in [3.63, 3.8) is 0 Å². The zero-order valence-corrected chi connectivity index (χ0v) is 11.7. The van der Waals surface area contributed by atoms with E-state index in [9.17, 15) is 13.2 Å². The first-order valence-electron chi connectivity index (χ1n) is 6.08. The molecule has 8 heteroatoms. The molecule has 0 saturated heterocycles. The number of nitrogens with zero attached hydrogens (tertiary/aromatic N) is 2. The van der Waals surface area contributed by atoms with Crippen LogP contribution < -0.4 is 11.1 Å². The molecule has 5 nitrogen and oxygen atoms in total. The molecule has 0 radical (unpaired) electrons. The molecule has 0 amide bonds. The fraction of sp³-hybridized carbons (Fsp3) is 0.667. The van der Waals surface area contributed by atoms with E-state index in [4.69, 9.17) is 10.5 Å². The number of nitrogens with two attached hydrogens (primary N) is 1. The third-order valence-electron chi connectivity index (χ3n) is 2.76. The highest BCUT2D eigenvalue weighted by molar-refractivity contribution is 5.41. The summed E-state index contributed by atoms with van der Waals surface area (Å²) in [6.07, 6.45) is -3.78. The van der Waals surface area contributed by atoms with Crippen molar-refractivity contribution >= 4 is 11.8 Å². The molecule has 0 aromatic carbocycles. The number of hydrogen-bond donors (Lipinski definition) is 2. The van der Waals surface area contributed by atoms with Gasteiger partial charge in [0.1, 0.15) is 5.82 Å². The molecule has 0 aliphatic heterocycles. The number of aromatic nitrogens is 2. The van der Waals surface area contributed by atoms with Crippen LogP contribution in [0.2, 0.25) is 0 Å². The number of nitrogens with one attached hydrogen (secondary N) is 1. The van der Waals surface area contributed by atoms with Gasteiger partial charge in [-0.25, -0.2) is 4.98 Å². The SMILES string of the molecule is COCCC(C)(C)CNc1cc(C(F)(F)F)nc(N)n1. The van der Waals surface area contributed by atoms with Crippen LogP contribution in [-0.4, -0.2) is 30.2 Å². The Hall–Kier alpha value is -1.57. The maximum atomic E-state index is 12.6. The van der Waals surface area contributed by atoms with Gasteiger partial charge < -0.3 is 15.8 Å². The van der Waals surface area contributed by atoms with E-state index in [0.717, 1.165) is 12.5 Å². The quantitative estimate of drug-likeness (QED) is 0.843. The molecule has 0 atom stereocenters. The fourth-order valence-electron chi connectivity index (χ4n) is 1.50. The maximum absolute atomic E-state index is 12.6. The number of methoxy groups -OCH3 is 1. The van der Waals surface area contributed by atoms with E-state index >= 15 is 0 Å². The van der Waals surface area contributed by atoms with Crippen molar-refractivity contribution in [1.29, 1.82) is 0 Å². The van der Waals surface area contributed by atoms with E-state index in [1.807, 2.05) is 13.8 Å². The lowest BCUT2D eigenvalue weighted by molar-refractivity contribution is -0.141. The van der Waals surface area contributed by atoms with Crippen LogP contribution in [0.4, 0.5) is 24.9 Å². The Balaban J connectivity index is 2.76. The Morgan fingerprint density at radius 1 is 1.30 bits per heavy atom. The first-order valence-corrected chi connectivity index (χ1v) is 6.08. The van der Waals surface area contributed by atoms with Gasteiger partial charge in [-0.1, -0.05) is 13.8 Å². The molecule has 1 aromatic heterocycles. The predicted molar refractivity (Wildman–Crippen MR) is 70.2 cm³/mol. The topological polar surface area (TPSA) is 73.1 Å². The molecule has 1 rings (SSSR count). The van der Waals surface area contributed by atoms with Gasteiger partial charge in [-0.3, -0.25) is 0 Å². The summed E-state index contributed by atoms with van der Waals surface area (Å²) in [6, 6.07) is 0.850. The highest BCUT2D eigenvalue weighted by Crippen LogP contribution is 2.29. The number of halogens is 3. The summed E-state index contributed by atoms with van der Waals surface area (Å²) < 4.78 is 42.8. The molecule has 1 heterocycles. The lowest BCUT2D eigenvalue weighted by Crippen LogP contribution is -2.25. The van der Waals surface area contributed by atoms with Gasteiger partial charge >= 0.3 is 6.18 Å². The van der Waals surface area contributed by atoms with Crippen molar-refractivity contribution in [2.75, 3.05) is 31.3 Å². The monoisotopic (exact) mass is 292 g/mol. The summed E-state index contributed by atoms with van der Waals surface area (Å²) in [6.45, 7) is 4.99. The molecule has 0 fully saturated rings. The molecule has 0 aliphatic carbocycles. The minimum atomic E-state index is -4.54. The Labute approximate surface area is 115 Å². The van der Waals surface area contributed by atoms with Crippen LogP contribution in [0.15, 0.2) is 6.07 Å². The molecular weight excluding hydrogens is 273 g/mol. The Kier molecular flexibility index (Phi) is 5.15. The second-order valence-corrected chi connectivity index (χ2v) is 5.25. The maximum Gasteiger partial charge on any atom is 0.433 e. The Morgan fingerprint density at radius 3 is 2.50 bits per heavy atom. The summed E-state index contributed by atoms with van der Waals surface area (Å²) in [5.41, 5.74) is 4.10. The second kappa shape index (κ2) is 6.25. The summed E-state index contributed by atoms with van der Waals surface area (Å²) in [5.74, 6) is -0.340. The Bertz CT molecular complexity index is 449. The fourth-order valence-corrected chi connectivity index (χ4v) is 1.50. The number of rotatable bonds is 6. The van der Waals surface area contributed by atoms with E-state index in [-0.39, 0.29) is 11.2 Å². The van der Waals surface area contributed by atoms with Crippen LogP contribution in [0.3, 0.4) is 0 Å². The van der Waals surface area contributed by atoms with Gasteiger partial charge in [0.25, 0.3) is 0 Å². The van der Waals surface area contributed by atoms with Gasteiger partial charge in [0, 0.05) is 26.3 Å². The van der Waals surface area contributed by atoms with E-state index < -0.39 is 17.8 Å². The van der Waals surface area contributed by atoms with Crippen molar-refractivity contribution in [3.8, 4) is 0 Å². The second-order valence-electron chi connectivity index (χ2n) is 5.25. The van der Waals surface area contributed by atoms with Gasteiger partial charge in [-0.15, -0.1) is 0 Å². The summed E-state index contributed by atoms with van der Waals surface area (Å²) in [4.78, 5) is 6.94. The minimum absolute atomic E-state index is 0.0651. The molecule has 0 bridgehead atoms. The van der Waals surface area contributed by atoms with E-state index in [1.54, 1.807) is 7.11 Å². The van der Waals surface area contributed by atoms with Crippen LogP contribution in [0.25, 0.3) is 0 Å². The summed E-state index contributed by atoms with van der Waals surface area (Å²) in [7, 11) is 1.60. The van der Waals surface area contributed by atoms with Crippen molar-refractivity contribution < 1.29 is 17.9 Å². The lowest BCUT2D eigenvalue weighted by atomic mass is 9.90. The molecule has 114 valence electrons. The van der Waals surface area contributed by atoms with Crippen molar-refractivity contribution in [3.05, 3.63) is 11.8 Å². The number of ether oxygens (including phenoxy) is 1. The summed E-state index contributed by atoms with van der Waals surface area (Å²) in [5, 5.41) is 2.86. The predicted octanol–water partition coefficient (Wildman–Crippen LogP) is 2.55. The van der Waals surface area contributed by atoms with Gasteiger partial charge in [0.2, 0.25) is 5.95 Å². The molecule has 20 heavy (non-hydrogen) atoms. The van der Waals surface area contributed by atoms with Gasteiger partial charge in [0.15, 0.2) is 5.69 Å². The van der Waals surface area contributed by atoms with Crippen molar-refractivity contribution in [2.24, 2.45) is 5.41 Å². The van der Waals surface area contributed by atoms with Crippen LogP contribution in [0.1, 0.15) is 26.0 Å². The zero-order valence-electron chi connectivity index (χ0n) is 11.7. The van der Waals surface area contributed by atoms with Crippen LogP contribution in [-0.2, 0) is 10.9 Å². The highest BCUT2D eigenvalue weighted by atomic mass is 19.4. The molecule has 0 saturated carbocycles. The number of nitrogen functional groups attached to an aromatic ring is 1. The highest BCUT2D eigenvalue weighted by Gasteiger charge is 2.33. The van der Waals surface area contributed by atoms with E-state index in [0.29, 0.717) is 13.2 Å². The Morgan fingerprint density at radius 2 is 1.95 bits per heavy atom. The van der Waals surface area contributed by atoms with Crippen molar-refractivity contribution in [2.45, 2.75) is 26.4 Å². The first-order chi connectivity index (χ1) is 9.14. The summed E-state index contributed by atoms with van der Waals surface area (Å²) >= 11 is 0. The minimum Gasteiger partial charge on any atom is -0.385 e. The normalized spacial score (nSPS) is 12.5. The van der Waals surface area contributed by atoms with Crippen molar-refractivity contribution in [1.82, 2.24) is 9.97 Å². The molecule has 0 aliphatic rings. The standard InChI is InChI=1S/C12H19F3N4O/c1-11(2,4-5-20-3)7-17-9-6-8(12(13,14)15)18-10(16)19-9/h6H,4-5,7H2,1-3H3,(H3,16,17,18,19). The van der Waals surface area contributed by atoms with Gasteiger partial charge in [-0.05, 0) is 11.8 Å². The van der Waals surface area contributed by atoms with Crippen LogP contribution >= 0.6 is 0 Å². The van der Waals surface area contributed by atoms with Gasteiger partial charge in [-0.2, -0.15) is 18.2 Å². The third kappa shape index (κ3) is 5.20. The largest absolute Gasteiger partial charge is 0.433 e. The molecule has 3 N–H and O–H groups in total. The zero-order chi connectivity index (χ0) is 15.4. The number of alkyl halides is 3. The van der Waals surface area contributed by atoms with Gasteiger partial charge in [0.05, 0.1) is 0 Å². The molecule has 1 aromatic rings. The van der Waals surface area contributed by atoms with E-state index in [1.165, 1.54) is 0 Å². The average Bonchev–Trinajstić information content (AvgIpc) is 2.32. The number of hydrogen-bond acceptors (Lipinski definition) is 5.